The van der Waals surface area contributed by atoms with Gasteiger partial charge in [0.05, 0.1) is 17.6 Å². The zero-order valence-corrected chi connectivity index (χ0v) is 11.8. The Morgan fingerprint density at radius 1 is 1.37 bits per heavy atom. The molecule has 1 aromatic rings. The summed E-state index contributed by atoms with van der Waals surface area (Å²) in [6, 6.07) is 6.70. The maximum atomic E-state index is 11.6. The molecule has 0 saturated carbocycles. The Labute approximate surface area is 121 Å². The van der Waals surface area contributed by atoms with Crippen LogP contribution in [0.15, 0.2) is 24.3 Å². The summed E-state index contributed by atoms with van der Waals surface area (Å²) in [5, 5.41) is 5.37. The van der Waals surface area contributed by atoms with E-state index < -0.39 is 11.8 Å². The standard InChI is InChI=1S/C12H14ClN3O2S/c1-7(8-4-2-3-5-9(8)13)16-12(18)11(17)15-6-10(14)19/h2-5,7H,6H2,1H3,(H2,14,19)(H,15,17)(H,16,18). The van der Waals surface area contributed by atoms with Gasteiger partial charge < -0.3 is 16.4 Å². The number of carbonyl (C=O) groups is 2. The number of halogens is 1. The lowest BCUT2D eigenvalue weighted by Crippen LogP contribution is -2.43. The molecule has 0 fully saturated rings. The quantitative estimate of drug-likeness (QED) is 0.570. The minimum atomic E-state index is -0.785. The molecule has 0 radical (unpaired) electrons. The Balaban J connectivity index is 2.59. The van der Waals surface area contributed by atoms with Gasteiger partial charge in [-0.1, -0.05) is 42.0 Å². The molecule has 2 amide bonds. The summed E-state index contributed by atoms with van der Waals surface area (Å²) in [5.74, 6) is -1.55. The van der Waals surface area contributed by atoms with Crippen LogP contribution in [0.3, 0.4) is 0 Å². The van der Waals surface area contributed by atoms with Gasteiger partial charge in [0.25, 0.3) is 0 Å². The fourth-order valence-electron chi connectivity index (χ4n) is 1.41. The van der Waals surface area contributed by atoms with Gasteiger partial charge in [0.2, 0.25) is 0 Å². The molecule has 0 bridgehead atoms. The maximum absolute atomic E-state index is 11.6. The minimum absolute atomic E-state index is 0.0118. The largest absolute Gasteiger partial charge is 0.392 e. The van der Waals surface area contributed by atoms with Crippen molar-refractivity contribution in [2.75, 3.05) is 6.54 Å². The van der Waals surface area contributed by atoms with Crippen LogP contribution in [-0.4, -0.2) is 23.3 Å². The van der Waals surface area contributed by atoms with Crippen LogP contribution < -0.4 is 16.4 Å². The average Bonchev–Trinajstić information content (AvgIpc) is 2.36. The number of hydrogen-bond acceptors (Lipinski definition) is 3. The molecule has 0 aliphatic rings. The maximum Gasteiger partial charge on any atom is 0.309 e. The fourth-order valence-corrected chi connectivity index (χ4v) is 1.79. The highest BCUT2D eigenvalue weighted by Crippen LogP contribution is 2.21. The van der Waals surface area contributed by atoms with Crippen molar-refractivity contribution in [1.29, 1.82) is 0 Å². The lowest BCUT2D eigenvalue weighted by molar-refractivity contribution is -0.139. The molecule has 19 heavy (non-hydrogen) atoms. The van der Waals surface area contributed by atoms with Crippen LogP contribution in [0.1, 0.15) is 18.5 Å². The molecule has 0 aliphatic carbocycles. The number of amides is 2. The van der Waals surface area contributed by atoms with E-state index in [-0.39, 0.29) is 17.6 Å². The van der Waals surface area contributed by atoms with Crippen molar-refractivity contribution in [3.63, 3.8) is 0 Å². The highest BCUT2D eigenvalue weighted by atomic mass is 35.5. The Kier molecular flexibility index (Phi) is 5.72. The lowest BCUT2D eigenvalue weighted by Gasteiger charge is -2.15. The highest BCUT2D eigenvalue weighted by molar-refractivity contribution is 7.80. The second-order valence-corrected chi connectivity index (χ2v) is 4.80. The number of hydrogen-bond donors (Lipinski definition) is 3. The molecule has 0 heterocycles. The Morgan fingerprint density at radius 3 is 2.58 bits per heavy atom. The molecule has 0 aromatic heterocycles. The summed E-state index contributed by atoms with van der Waals surface area (Å²) in [7, 11) is 0. The first-order valence-corrected chi connectivity index (χ1v) is 6.32. The van der Waals surface area contributed by atoms with Crippen LogP contribution in [0.25, 0.3) is 0 Å². The molecule has 1 atom stereocenters. The Hall–Kier alpha value is -1.66. The van der Waals surface area contributed by atoms with E-state index in [1.165, 1.54) is 0 Å². The van der Waals surface area contributed by atoms with Crippen LogP contribution in [0.4, 0.5) is 0 Å². The molecular weight excluding hydrogens is 286 g/mol. The van der Waals surface area contributed by atoms with E-state index in [4.69, 9.17) is 17.3 Å². The van der Waals surface area contributed by atoms with Gasteiger partial charge in [-0.05, 0) is 18.6 Å². The van der Waals surface area contributed by atoms with Gasteiger partial charge >= 0.3 is 11.8 Å². The summed E-state index contributed by atoms with van der Waals surface area (Å²) in [6.07, 6.45) is 0. The fraction of sp³-hybridized carbons (Fsp3) is 0.250. The summed E-state index contributed by atoms with van der Waals surface area (Å²) in [5.41, 5.74) is 5.96. The summed E-state index contributed by atoms with van der Waals surface area (Å²) in [4.78, 5) is 23.1. The number of rotatable bonds is 4. The van der Waals surface area contributed by atoms with Gasteiger partial charge in [0, 0.05) is 5.02 Å². The van der Waals surface area contributed by atoms with Crippen molar-refractivity contribution in [1.82, 2.24) is 10.6 Å². The molecule has 0 saturated heterocycles. The zero-order valence-electron chi connectivity index (χ0n) is 10.3. The molecule has 4 N–H and O–H groups in total. The van der Waals surface area contributed by atoms with Gasteiger partial charge in [-0.15, -0.1) is 0 Å². The monoisotopic (exact) mass is 299 g/mol. The topological polar surface area (TPSA) is 84.2 Å². The van der Waals surface area contributed by atoms with Gasteiger partial charge in [-0.25, -0.2) is 0 Å². The molecule has 0 aliphatic heterocycles. The van der Waals surface area contributed by atoms with Crippen LogP contribution in [0, 0.1) is 0 Å². The van der Waals surface area contributed by atoms with E-state index in [1.54, 1.807) is 31.2 Å². The third-order valence-electron chi connectivity index (χ3n) is 2.35. The SMILES string of the molecule is CC(NC(=O)C(=O)NCC(N)=S)c1ccccc1Cl. The third kappa shape index (κ3) is 4.84. The first kappa shape index (κ1) is 15.4. The molecule has 1 aromatic carbocycles. The number of nitrogens with two attached hydrogens (primary N) is 1. The summed E-state index contributed by atoms with van der Waals surface area (Å²) in [6.45, 7) is 1.72. The normalized spacial score (nSPS) is 11.5. The molecular formula is C12H14ClN3O2S. The second-order valence-electron chi connectivity index (χ2n) is 3.87. The number of nitrogens with one attached hydrogen (secondary N) is 2. The first-order valence-electron chi connectivity index (χ1n) is 5.53. The predicted octanol–water partition coefficient (Wildman–Crippen LogP) is 0.920. The van der Waals surface area contributed by atoms with E-state index >= 15 is 0 Å². The van der Waals surface area contributed by atoms with Crippen molar-refractivity contribution in [2.24, 2.45) is 5.73 Å². The van der Waals surface area contributed by atoms with Crippen LogP contribution in [0.5, 0.6) is 0 Å². The van der Waals surface area contributed by atoms with E-state index in [0.29, 0.717) is 5.02 Å². The molecule has 1 unspecified atom stereocenters. The molecule has 5 nitrogen and oxygen atoms in total. The smallest absolute Gasteiger partial charge is 0.309 e. The first-order chi connectivity index (χ1) is 8.91. The van der Waals surface area contributed by atoms with Crippen molar-refractivity contribution in [3.05, 3.63) is 34.9 Å². The number of thiocarbonyl (C=S) groups is 1. The van der Waals surface area contributed by atoms with E-state index in [2.05, 4.69) is 22.9 Å². The lowest BCUT2D eigenvalue weighted by atomic mass is 10.1. The number of carbonyl (C=O) groups excluding carboxylic acids is 2. The summed E-state index contributed by atoms with van der Waals surface area (Å²) < 4.78 is 0. The third-order valence-corrected chi connectivity index (χ3v) is 2.84. The Bertz CT molecular complexity index is 508. The predicted molar refractivity (Wildman–Crippen MR) is 77.8 cm³/mol. The zero-order chi connectivity index (χ0) is 14.4. The van der Waals surface area contributed by atoms with Gasteiger partial charge in [0.15, 0.2) is 0 Å². The second kappa shape index (κ2) is 7.06. The van der Waals surface area contributed by atoms with Crippen molar-refractivity contribution >= 4 is 40.6 Å². The molecule has 7 heteroatoms. The van der Waals surface area contributed by atoms with Gasteiger partial charge in [-0.3, -0.25) is 9.59 Å². The molecule has 1 rings (SSSR count). The average molecular weight is 300 g/mol. The van der Waals surface area contributed by atoms with Gasteiger partial charge in [-0.2, -0.15) is 0 Å². The minimum Gasteiger partial charge on any atom is -0.392 e. The van der Waals surface area contributed by atoms with Gasteiger partial charge in [0.1, 0.15) is 0 Å². The highest BCUT2D eigenvalue weighted by Gasteiger charge is 2.17. The van der Waals surface area contributed by atoms with E-state index in [9.17, 15) is 9.59 Å². The molecule has 0 spiro atoms. The summed E-state index contributed by atoms with van der Waals surface area (Å²) >= 11 is 10.6. The van der Waals surface area contributed by atoms with Crippen LogP contribution >= 0.6 is 23.8 Å². The van der Waals surface area contributed by atoms with Crippen molar-refractivity contribution < 1.29 is 9.59 Å². The van der Waals surface area contributed by atoms with Crippen molar-refractivity contribution in [2.45, 2.75) is 13.0 Å². The van der Waals surface area contributed by atoms with Crippen LogP contribution in [-0.2, 0) is 9.59 Å². The molecule has 102 valence electrons. The van der Waals surface area contributed by atoms with E-state index in [1.807, 2.05) is 0 Å². The number of benzene rings is 1. The van der Waals surface area contributed by atoms with Crippen molar-refractivity contribution in [3.8, 4) is 0 Å². The van der Waals surface area contributed by atoms with E-state index in [0.717, 1.165) is 5.56 Å². The Morgan fingerprint density at radius 2 is 2.00 bits per heavy atom. The van der Waals surface area contributed by atoms with Crippen LogP contribution in [0.2, 0.25) is 5.02 Å².